The van der Waals surface area contributed by atoms with Crippen molar-refractivity contribution in [3.63, 3.8) is 0 Å². The Balaban J connectivity index is 1.47. The first kappa shape index (κ1) is 36.3. The molecule has 0 fully saturated rings. The van der Waals surface area contributed by atoms with Crippen LogP contribution in [0.2, 0.25) is 0 Å². The SMILES string of the molecule is O=C(OCC(CO)(CO)CO)[C@H](Cc1ccc(OCc2ccccc2)c(OCc2ccccc2)c1)N(Cc1ccccc1)Cc1ccccc1. The van der Waals surface area contributed by atoms with Crippen molar-refractivity contribution in [1.29, 1.82) is 0 Å². The first-order valence-corrected chi connectivity index (χ1v) is 16.8. The molecule has 0 aliphatic heterocycles. The van der Waals surface area contributed by atoms with E-state index in [0.717, 1.165) is 27.8 Å². The lowest BCUT2D eigenvalue weighted by molar-refractivity contribution is -0.158. The van der Waals surface area contributed by atoms with Crippen molar-refractivity contribution in [3.05, 3.63) is 167 Å². The van der Waals surface area contributed by atoms with Crippen molar-refractivity contribution in [1.82, 2.24) is 4.90 Å². The number of esters is 1. The number of hydrogen-bond donors (Lipinski definition) is 3. The zero-order valence-corrected chi connectivity index (χ0v) is 28.1. The standard InChI is InChI=1S/C42H45NO7/c44-29-42(30-45,31-46)32-50-41(47)38(43(25-33-13-5-1-6-14-33)26-34-15-7-2-8-16-34)23-37-21-22-39(48-27-35-17-9-3-10-18-35)40(24-37)49-28-36-19-11-4-12-20-36/h1-22,24,38,44-46H,23,25-32H2/t38-/m0/s1. The number of carbonyl (C=O) groups is 1. The lowest BCUT2D eigenvalue weighted by atomic mass is 9.92. The predicted molar refractivity (Wildman–Crippen MR) is 192 cm³/mol. The quantitative estimate of drug-likeness (QED) is 0.0921. The fourth-order valence-corrected chi connectivity index (χ4v) is 5.49. The van der Waals surface area contributed by atoms with E-state index in [1.165, 1.54) is 0 Å². The van der Waals surface area contributed by atoms with Crippen LogP contribution in [0.5, 0.6) is 11.5 Å². The lowest BCUT2D eigenvalue weighted by Crippen LogP contribution is -2.46. The zero-order valence-electron chi connectivity index (χ0n) is 28.1. The topological polar surface area (TPSA) is 109 Å². The van der Waals surface area contributed by atoms with Crippen LogP contribution in [0.3, 0.4) is 0 Å². The molecule has 3 N–H and O–H groups in total. The Morgan fingerprint density at radius 3 is 1.46 bits per heavy atom. The lowest BCUT2D eigenvalue weighted by Gasteiger charge is -2.33. The highest BCUT2D eigenvalue weighted by molar-refractivity contribution is 5.76. The van der Waals surface area contributed by atoms with Crippen LogP contribution in [0.15, 0.2) is 140 Å². The number of carbonyl (C=O) groups excluding carboxylic acids is 1. The molecule has 5 rings (SSSR count). The van der Waals surface area contributed by atoms with Crippen LogP contribution in [0, 0.1) is 5.41 Å². The Morgan fingerprint density at radius 1 is 0.560 bits per heavy atom. The Hall–Kier alpha value is -4.99. The van der Waals surface area contributed by atoms with Crippen LogP contribution >= 0.6 is 0 Å². The van der Waals surface area contributed by atoms with E-state index in [9.17, 15) is 20.1 Å². The summed E-state index contributed by atoms with van der Waals surface area (Å²) in [5.74, 6) is 0.594. The minimum atomic E-state index is -1.36. The molecule has 0 bridgehead atoms. The Morgan fingerprint density at radius 2 is 1.00 bits per heavy atom. The van der Waals surface area contributed by atoms with Crippen LogP contribution in [-0.4, -0.2) is 58.7 Å². The van der Waals surface area contributed by atoms with Gasteiger partial charge in [0.25, 0.3) is 0 Å². The molecule has 1 atom stereocenters. The van der Waals surface area contributed by atoms with Gasteiger partial charge in [0, 0.05) is 13.1 Å². The molecular formula is C42H45NO7. The van der Waals surface area contributed by atoms with E-state index in [1.54, 1.807) is 0 Å². The summed E-state index contributed by atoms with van der Waals surface area (Å²) in [7, 11) is 0. The van der Waals surface area contributed by atoms with Crippen molar-refractivity contribution < 1.29 is 34.3 Å². The normalized spacial score (nSPS) is 12.0. The fraction of sp³-hybridized carbons (Fsp3) is 0.262. The molecule has 260 valence electrons. The molecule has 0 aliphatic carbocycles. The Bertz CT molecular complexity index is 1670. The Labute approximate surface area is 294 Å². The highest BCUT2D eigenvalue weighted by atomic mass is 16.5. The second-order valence-corrected chi connectivity index (χ2v) is 12.5. The van der Waals surface area contributed by atoms with Gasteiger partial charge in [-0.1, -0.05) is 127 Å². The van der Waals surface area contributed by atoms with E-state index in [4.69, 9.17) is 14.2 Å². The molecule has 50 heavy (non-hydrogen) atoms. The van der Waals surface area contributed by atoms with Crippen molar-refractivity contribution in [2.24, 2.45) is 5.41 Å². The average molecular weight is 676 g/mol. The van der Waals surface area contributed by atoms with Gasteiger partial charge in [0.2, 0.25) is 0 Å². The molecule has 8 nitrogen and oxygen atoms in total. The summed E-state index contributed by atoms with van der Waals surface area (Å²) in [6.07, 6.45) is 0.267. The van der Waals surface area contributed by atoms with E-state index in [0.29, 0.717) is 37.8 Å². The molecule has 0 radical (unpaired) electrons. The third kappa shape index (κ3) is 10.5. The largest absolute Gasteiger partial charge is 0.485 e. The molecule has 0 aliphatic rings. The maximum Gasteiger partial charge on any atom is 0.323 e. The van der Waals surface area contributed by atoms with Gasteiger partial charge in [-0.05, 0) is 46.4 Å². The minimum Gasteiger partial charge on any atom is -0.485 e. The van der Waals surface area contributed by atoms with E-state index < -0.39 is 37.2 Å². The van der Waals surface area contributed by atoms with Crippen LogP contribution in [0.25, 0.3) is 0 Å². The summed E-state index contributed by atoms with van der Waals surface area (Å²) in [5, 5.41) is 29.8. The predicted octanol–water partition coefficient (Wildman–Crippen LogP) is 5.96. The van der Waals surface area contributed by atoms with E-state index in [-0.39, 0.29) is 13.0 Å². The van der Waals surface area contributed by atoms with Gasteiger partial charge in [-0.15, -0.1) is 0 Å². The first-order chi connectivity index (χ1) is 24.5. The first-order valence-electron chi connectivity index (χ1n) is 16.8. The van der Waals surface area contributed by atoms with Gasteiger partial charge < -0.3 is 29.5 Å². The van der Waals surface area contributed by atoms with Crippen molar-refractivity contribution in [2.75, 3.05) is 26.4 Å². The Kier molecular flexibility index (Phi) is 13.6. The number of benzene rings is 5. The zero-order chi connectivity index (χ0) is 35.0. The summed E-state index contributed by atoms with van der Waals surface area (Å²) in [4.78, 5) is 16.2. The summed E-state index contributed by atoms with van der Waals surface area (Å²) >= 11 is 0. The molecule has 0 heterocycles. The maximum atomic E-state index is 14.1. The van der Waals surface area contributed by atoms with Gasteiger partial charge in [0.15, 0.2) is 11.5 Å². The second kappa shape index (κ2) is 18.7. The summed E-state index contributed by atoms with van der Waals surface area (Å²) < 4.78 is 18.4. The highest BCUT2D eigenvalue weighted by Gasteiger charge is 2.34. The van der Waals surface area contributed by atoms with Gasteiger partial charge in [0.05, 0.1) is 25.2 Å². The number of nitrogens with zero attached hydrogens (tertiary/aromatic N) is 1. The molecule has 0 aromatic heterocycles. The number of aliphatic hydroxyl groups is 3. The van der Waals surface area contributed by atoms with Gasteiger partial charge in [-0.25, -0.2) is 0 Å². The fourth-order valence-electron chi connectivity index (χ4n) is 5.49. The average Bonchev–Trinajstić information content (AvgIpc) is 3.17. The second-order valence-electron chi connectivity index (χ2n) is 12.5. The van der Waals surface area contributed by atoms with Crippen LogP contribution in [0.4, 0.5) is 0 Å². The number of aliphatic hydroxyl groups excluding tert-OH is 3. The summed E-state index contributed by atoms with van der Waals surface area (Å²) in [6.45, 7) is -0.356. The maximum absolute atomic E-state index is 14.1. The number of rotatable bonds is 19. The summed E-state index contributed by atoms with van der Waals surface area (Å²) in [5.41, 5.74) is 3.54. The molecule has 0 saturated carbocycles. The summed E-state index contributed by atoms with van der Waals surface area (Å²) in [6, 6.07) is 44.5. The van der Waals surface area contributed by atoms with E-state index in [2.05, 4.69) is 4.90 Å². The molecule has 5 aromatic carbocycles. The van der Waals surface area contributed by atoms with Gasteiger partial charge in [-0.3, -0.25) is 9.69 Å². The minimum absolute atomic E-state index is 0.267. The van der Waals surface area contributed by atoms with Gasteiger partial charge in [-0.2, -0.15) is 0 Å². The van der Waals surface area contributed by atoms with Gasteiger partial charge in [0.1, 0.15) is 25.9 Å². The van der Waals surface area contributed by atoms with Crippen LogP contribution in [-0.2, 0) is 42.3 Å². The van der Waals surface area contributed by atoms with Gasteiger partial charge >= 0.3 is 5.97 Å². The molecule has 0 spiro atoms. The van der Waals surface area contributed by atoms with Crippen molar-refractivity contribution >= 4 is 5.97 Å². The number of ether oxygens (including phenoxy) is 3. The number of hydrogen-bond acceptors (Lipinski definition) is 8. The molecule has 0 unspecified atom stereocenters. The third-order valence-electron chi connectivity index (χ3n) is 8.61. The monoisotopic (exact) mass is 675 g/mol. The molecule has 5 aromatic rings. The molecule has 8 heteroatoms. The van der Waals surface area contributed by atoms with E-state index in [1.807, 2.05) is 140 Å². The van der Waals surface area contributed by atoms with Crippen LogP contribution in [0.1, 0.15) is 27.8 Å². The van der Waals surface area contributed by atoms with E-state index >= 15 is 0 Å². The third-order valence-corrected chi connectivity index (χ3v) is 8.61. The smallest absolute Gasteiger partial charge is 0.323 e. The van der Waals surface area contributed by atoms with Crippen molar-refractivity contribution in [2.45, 2.75) is 38.8 Å². The molecule has 0 amide bonds. The molecule has 0 saturated heterocycles. The molecular weight excluding hydrogens is 630 g/mol. The van der Waals surface area contributed by atoms with Crippen LogP contribution < -0.4 is 9.47 Å². The van der Waals surface area contributed by atoms with Crippen molar-refractivity contribution in [3.8, 4) is 11.5 Å². The highest BCUT2D eigenvalue weighted by Crippen LogP contribution is 2.32.